The van der Waals surface area contributed by atoms with E-state index in [2.05, 4.69) is 5.10 Å². The van der Waals surface area contributed by atoms with Crippen molar-refractivity contribution in [2.75, 3.05) is 0 Å². The van der Waals surface area contributed by atoms with Crippen LogP contribution in [-0.4, -0.2) is 26.9 Å². The van der Waals surface area contributed by atoms with Crippen molar-refractivity contribution in [2.24, 2.45) is 0 Å². The maximum Gasteiger partial charge on any atom is 0.490 e. The highest BCUT2D eigenvalue weighted by Crippen LogP contribution is 2.07. The van der Waals surface area contributed by atoms with E-state index in [-0.39, 0.29) is 0 Å². The molecule has 1 aromatic carbocycles. The molecule has 0 unspecified atom stereocenters. The van der Waals surface area contributed by atoms with Crippen molar-refractivity contribution in [2.45, 2.75) is 6.92 Å². The lowest BCUT2D eigenvalue weighted by atomic mass is 9.78. The molecular weight excluding hydrogens is 191 g/mol. The number of nitrogens with zero attached hydrogens (tertiary/aromatic N) is 2. The van der Waals surface area contributed by atoms with Crippen LogP contribution in [0.4, 0.5) is 0 Å². The molecule has 0 saturated heterocycles. The van der Waals surface area contributed by atoms with E-state index in [1.807, 2.05) is 19.1 Å². The molecular formula is C10H11BN2O2. The van der Waals surface area contributed by atoms with Crippen LogP contribution in [0.5, 0.6) is 0 Å². The Kier molecular flexibility index (Phi) is 2.57. The van der Waals surface area contributed by atoms with Gasteiger partial charge in [0.25, 0.3) is 0 Å². The van der Waals surface area contributed by atoms with E-state index < -0.39 is 7.12 Å². The lowest BCUT2D eigenvalue weighted by Crippen LogP contribution is -2.33. The van der Waals surface area contributed by atoms with Crippen molar-refractivity contribution in [3.8, 4) is 5.69 Å². The smallest absolute Gasteiger partial charge is 0.423 e. The molecule has 2 aromatic rings. The topological polar surface area (TPSA) is 58.3 Å². The molecule has 0 aliphatic heterocycles. The summed E-state index contributed by atoms with van der Waals surface area (Å²) >= 11 is 0. The summed E-state index contributed by atoms with van der Waals surface area (Å²) in [6.45, 7) is 1.94. The molecule has 4 nitrogen and oxygen atoms in total. The van der Waals surface area contributed by atoms with Gasteiger partial charge in [-0.1, -0.05) is 12.1 Å². The maximum absolute atomic E-state index is 9.21. The van der Waals surface area contributed by atoms with Crippen LogP contribution in [0.2, 0.25) is 0 Å². The zero-order valence-electron chi connectivity index (χ0n) is 8.33. The second-order valence-corrected chi connectivity index (χ2v) is 3.39. The molecule has 0 radical (unpaired) electrons. The van der Waals surface area contributed by atoms with E-state index in [9.17, 15) is 10.0 Å². The predicted molar refractivity (Wildman–Crippen MR) is 58.1 cm³/mol. The molecule has 0 spiro atoms. The summed E-state index contributed by atoms with van der Waals surface area (Å²) in [6, 6.07) is 7.18. The quantitative estimate of drug-likeness (QED) is 0.666. The molecule has 0 atom stereocenters. The van der Waals surface area contributed by atoms with Gasteiger partial charge >= 0.3 is 7.12 Å². The lowest BCUT2D eigenvalue weighted by Gasteiger charge is -2.09. The third-order valence-electron chi connectivity index (χ3n) is 2.22. The fourth-order valence-corrected chi connectivity index (χ4v) is 1.48. The summed E-state index contributed by atoms with van der Waals surface area (Å²) < 4.78 is 1.61. The average molecular weight is 202 g/mol. The van der Waals surface area contributed by atoms with E-state index in [4.69, 9.17) is 0 Å². The highest BCUT2D eigenvalue weighted by Gasteiger charge is 2.16. The molecule has 0 aliphatic rings. The average Bonchev–Trinajstić information content (AvgIpc) is 2.69. The zero-order chi connectivity index (χ0) is 10.8. The van der Waals surface area contributed by atoms with E-state index in [0.29, 0.717) is 11.2 Å². The van der Waals surface area contributed by atoms with E-state index in [1.54, 1.807) is 29.2 Å². The Balaban J connectivity index is 2.58. The van der Waals surface area contributed by atoms with Crippen LogP contribution in [0.15, 0.2) is 36.7 Å². The van der Waals surface area contributed by atoms with Gasteiger partial charge in [-0.05, 0) is 24.6 Å². The molecule has 76 valence electrons. The summed E-state index contributed by atoms with van der Waals surface area (Å²) in [5, 5.41) is 22.5. The third-order valence-corrected chi connectivity index (χ3v) is 2.22. The van der Waals surface area contributed by atoms with Gasteiger partial charge in [-0.2, -0.15) is 5.10 Å². The zero-order valence-corrected chi connectivity index (χ0v) is 8.33. The highest BCUT2D eigenvalue weighted by molar-refractivity contribution is 6.60. The Hall–Kier alpha value is -1.59. The second kappa shape index (κ2) is 3.88. The van der Waals surface area contributed by atoms with Gasteiger partial charge in [0, 0.05) is 17.9 Å². The number of hydrogen-bond donors (Lipinski definition) is 2. The van der Waals surface area contributed by atoms with Gasteiger partial charge in [-0.25, -0.2) is 4.68 Å². The summed E-state index contributed by atoms with van der Waals surface area (Å²) in [7, 11) is -1.48. The van der Waals surface area contributed by atoms with Gasteiger partial charge < -0.3 is 10.0 Å². The molecule has 2 rings (SSSR count). The van der Waals surface area contributed by atoms with E-state index >= 15 is 0 Å². The van der Waals surface area contributed by atoms with Crippen LogP contribution >= 0.6 is 0 Å². The van der Waals surface area contributed by atoms with Crippen molar-refractivity contribution < 1.29 is 10.0 Å². The van der Waals surface area contributed by atoms with Crippen LogP contribution < -0.4 is 5.46 Å². The fourth-order valence-electron chi connectivity index (χ4n) is 1.48. The molecule has 0 bridgehead atoms. The van der Waals surface area contributed by atoms with Gasteiger partial charge in [0.05, 0.1) is 5.69 Å². The minimum absolute atomic E-state index is 0.448. The molecule has 1 aromatic heterocycles. The monoisotopic (exact) mass is 202 g/mol. The van der Waals surface area contributed by atoms with Crippen molar-refractivity contribution in [1.29, 1.82) is 0 Å². The van der Waals surface area contributed by atoms with Crippen molar-refractivity contribution in [3.05, 3.63) is 42.2 Å². The second-order valence-electron chi connectivity index (χ2n) is 3.39. The van der Waals surface area contributed by atoms with Gasteiger partial charge in [0.15, 0.2) is 0 Å². The molecule has 0 amide bonds. The summed E-state index contributed by atoms with van der Waals surface area (Å²) in [4.78, 5) is 0. The number of benzene rings is 1. The van der Waals surface area contributed by atoms with Crippen LogP contribution in [-0.2, 0) is 0 Å². The summed E-state index contributed by atoms with van der Waals surface area (Å²) in [5.74, 6) is 0. The molecule has 5 heteroatoms. The molecule has 2 N–H and O–H groups in total. The Morgan fingerprint density at radius 2 is 2.13 bits per heavy atom. The van der Waals surface area contributed by atoms with Gasteiger partial charge in [-0.3, -0.25) is 0 Å². The first-order valence-electron chi connectivity index (χ1n) is 4.65. The van der Waals surface area contributed by atoms with Crippen LogP contribution in [0.25, 0.3) is 5.69 Å². The molecule has 1 heterocycles. The standard InChI is InChI=1S/C10H11BN2O2/c1-8-3-4-9(11(14)15)10(7-8)13-6-2-5-12-13/h2-7,14-15H,1H3. The van der Waals surface area contributed by atoms with Crippen LogP contribution in [0.1, 0.15) is 5.56 Å². The summed E-state index contributed by atoms with van der Waals surface area (Å²) in [5.41, 5.74) is 2.18. The predicted octanol–water partition coefficient (Wildman–Crippen LogP) is -0.139. The number of hydrogen-bond acceptors (Lipinski definition) is 3. The molecule has 0 aliphatic carbocycles. The van der Waals surface area contributed by atoms with Gasteiger partial charge in [0.1, 0.15) is 0 Å². The van der Waals surface area contributed by atoms with Crippen LogP contribution in [0, 0.1) is 6.92 Å². The molecule has 0 saturated carbocycles. The fraction of sp³-hybridized carbons (Fsp3) is 0.100. The van der Waals surface area contributed by atoms with E-state index in [0.717, 1.165) is 5.56 Å². The number of aromatic nitrogens is 2. The first kappa shape index (κ1) is 9.95. The minimum atomic E-state index is -1.48. The molecule has 15 heavy (non-hydrogen) atoms. The number of aryl methyl sites for hydroxylation is 1. The Morgan fingerprint density at radius 1 is 1.33 bits per heavy atom. The third kappa shape index (κ3) is 1.93. The van der Waals surface area contributed by atoms with Crippen LogP contribution in [0.3, 0.4) is 0 Å². The summed E-state index contributed by atoms with van der Waals surface area (Å²) in [6.07, 6.45) is 3.41. The Labute approximate surface area is 87.9 Å². The van der Waals surface area contributed by atoms with E-state index in [1.165, 1.54) is 0 Å². The molecule has 0 fully saturated rings. The number of rotatable bonds is 2. The van der Waals surface area contributed by atoms with Crippen molar-refractivity contribution in [3.63, 3.8) is 0 Å². The van der Waals surface area contributed by atoms with Crippen molar-refractivity contribution >= 4 is 12.6 Å². The Bertz CT molecular complexity index is 454. The minimum Gasteiger partial charge on any atom is -0.423 e. The van der Waals surface area contributed by atoms with Gasteiger partial charge in [-0.15, -0.1) is 0 Å². The van der Waals surface area contributed by atoms with Gasteiger partial charge in [0.2, 0.25) is 0 Å². The first-order chi connectivity index (χ1) is 7.18. The highest BCUT2D eigenvalue weighted by atomic mass is 16.4. The first-order valence-corrected chi connectivity index (χ1v) is 4.65. The Morgan fingerprint density at radius 3 is 2.73 bits per heavy atom. The largest absolute Gasteiger partial charge is 0.490 e. The normalized spacial score (nSPS) is 10.3. The van der Waals surface area contributed by atoms with Crippen molar-refractivity contribution in [1.82, 2.24) is 9.78 Å². The SMILES string of the molecule is Cc1ccc(B(O)O)c(-n2cccn2)c1. The maximum atomic E-state index is 9.21. The lowest BCUT2D eigenvalue weighted by molar-refractivity contribution is 0.425.